The minimum absolute atomic E-state index is 0.0454. The van der Waals surface area contributed by atoms with Gasteiger partial charge in [-0.1, -0.05) is 5.16 Å². The van der Waals surface area contributed by atoms with Crippen LogP contribution in [-0.4, -0.2) is 46.6 Å². The van der Waals surface area contributed by atoms with Crippen LogP contribution in [0.4, 0.5) is 0 Å². The highest BCUT2D eigenvalue weighted by molar-refractivity contribution is 5.78. The summed E-state index contributed by atoms with van der Waals surface area (Å²) in [6, 6.07) is 0. The summed E-state index contributed by atoms with van der Waals surface area (Å²) in [6.45, 7) is 5.03. The monoisotopic (exact) mass is 281 g/mol. The number of piperidine rings is 1. The lowest BCUT2D eigenvalue weighted by molar-refractivity contribution is -0.151. The Kier molecular flexibility index (Phi) is 4.70. The number of hydrogen-bond acceptors (Lipinski definition) is 6. The Bertz CT molecular complexity index is 478. The fourth-order valence-electron chi connectivity index (χ4n) is 2.28. The fourth-order valence-corrected chi connectivity index (χ4v) is 2.28. The standard InChI is InChI=1S/C13H19N3O4/c1-3-19-13(18)10-4-6-16(7-5-10)12(17)8-11-14-9(2)15-20-11/h10H,3-8H2,1-2H3. The van der Waals surface area contributed by atoms with Gasteiger partial charge in [-0.05, 0) is 26.7 Å². The molecular formula is C13H19N3O4. The molecule has 7 nitrogen and oxygen atoms in total. The van der Waals surface area contributed by atoms with Crippen molar-refractivity contribution in [3.05, 3.63) is 11.7 Å². The highest BCUT2D eigenvalue weighted by Gasteiger charge is 2.28. The largest absolute Gasteiger partial charge is 0.466 e. The van der Waals surface area contributed by atoms with Gasteiger partial charge in [0.2, 0.25) is 11.8 Å². The zero-order valence-corrected chi connectivity index (χ0v) is 11.8. The molecule has 1 fully saturated rings. The van der Waals surface area contributed by atoms with Crippen molar-refractivity contribution in [2.45, 2.75) is 33.1 Å². The summed E-state index contributed by atoms with van der Waals surface area (Å²) in [7, 11) is 0. The van der Waals surface area contributed by atoms with Gasteiger partial charge in [-0.3, -0.25) is 9.59 Å². The van der Waals surface area contributed by atoms with Crippen molar-refractivity contribution >= 4 is 11.9 Å². The number of ether oxygens (including phenoxy) is 1. The quantitative estimate of drug-likeness (QED) is 0.756. The van der Waals surface area contributed by atoms with Crippen molar-refractivity contribution in [3.63, 3.8) is 0 Å². The van der Waals surface area contributed by atoms with Gasteiger partial charge < -0.3 is 14.2 Å². The summed E-state index contributed by atoms with van der Waals surface area (Å²) in [5.74, 6) is 0.557. The third kappa shape index (κ3) is 3.55. The second-order valence-electron chi connectivity index (χ2n) is 4.82. The van der Waals surface area contributed by atoms with Crippen LogP contribution >= 0.6 is 0 Å². The van der Waals surface area contributed by atoms with Crippen LogP contribution in [0.1, 0.15) is 31.5 Å². The Hall–Kier alpha value is -1.92. The van der Waals surface area contributed by atoms with Crippen LogP contribution < -0.4 is 0 Å². The molecule has 1 aromatic heterocycles. The van der Waals surface area contributed by atoms with E-state index in [0.29, 0.717) is 44.3 Å². The lowest BCUT2D eigenvalue weighted by Gasteiger charge is -2.30. The summed E-state index contributed by atoms with van der Waals surface area (Å²) < 4.78 is 9.93. The molecule has 1 saturated heterocycles. The van der Waals surface area contributed by atoms with Crippen molar-refractivity contribution in [2.24, 2.45) is 5.92 Å². The van der Waals surface area contributed by atoms with Crippen molar-refractivity contribution < 1.29 is 18.8 Å². The second-order valence-corrected chi connectivity index (χ2v) is 4.82. The molecular weight excluding hydrogens is 262 g/mol. The van der Waals surface area contributed by atoms with Gasteiger partial charge in [0.15, 0.2) is 5.82 Å². The molecule has 0 aromatic carbocycles. The molecule has 1 aliphatic heterocycles. The maximum absolute atomic E-state index is 12.1. The second kappa shape index (κ2) is 6.49. The SMILES string of the molecule is CCOC(=O)C1CCN(C(=O)Cc2nc(C)no2)CC1. The van der Waals surface area contributed by atoms with Gasteiger partial charge in [-0.2, -0.15) is 4.98 Å². The molecule has 0 spiro atoms. The molecule has 110 valence electrons. The number of hydrogen-bond donors (Lipinski definition) is 0. The minimum Gasteiger partial charge on any atom is -0.466 e. The number of aromatic nitrogens is 2. The lowest BCUT2D eigenvalue weighted by atomic mass is 9.97. The number of carbonyl (C=O) groups excluding carboxylic acids is 2. The lowest BCUT2D eigenvalue weighted by Crippen LogP contribution is -2.41. The van der Waals surface area contributed by atoms with Crippen molar-refractivity contribution in [2.75, 3.05) is 19.7 Å². The first-order valence-electron chi connectivity index (χ1n) is 6.83. The molecule has 0 aliphatic carbocycles. The number of esters is 1. The maximum atomic E-state index is 12.1. The minimum atomic E-state index is -0.160. The molecule has 0 N–H and O–H groups in total. The van der Waals surface area contributed by atoms with Crippen molar-refractivity contribution in [1.82, 2.24) is 15.0 Å². The summed E-state index contributed by atoms with van der Waals surface area (Å²) in [4.78, 5) is 29.4. The van der Waals surface area contributed by atoms with E-state index in [4.69, 9.17) is 9.26 Å². The van der Waals surface area contributed by atoms with Gasteiger partial charge in [0.05, 0.1) is 12.5 Å². The molecule has 7 heteroatoms. The number of aryl methyl sites for hydroxylation is 1. The normalized spacial score (nSPS) is 16.2. The van der Waals surface area contributed by atoms with Gasteiger partial charge in [0.25, 0.3) is 0 Å². The van der Waals surface area contributed by atoms with E-state index in [0.717, 1.165) is 0 Å². The van der Waals surface area contributed by atoms with Crippen LogP contribution in [-0.2, 0) is 20.7 Å². The summed E-state index contributed by atoms with van der Waals surface area (Å²) >= 11 is 0. The number of amides is 1. The summed E-state index contributed by atoms with van der Waals surface area (Å²) in [5.41, 5.74) is 0. The first-order chi connectivity index (χ1) is 9.60. The number of nitrogens with zero attached hydrogens (tertiary/aromatic N) is 3. The van der Waals surface area contributed by atoms with Crippen molar-refractivity contribution in [3.8, 4) is 0 Å². The Balaban J connectivity index is 1.81. The van der Waals surface area contributed by atoms with Crippen LogP contribution in [0.25, 0.3) is 0 Å². The smallest absolute Gasteiger partial charge is 0.309 e. The molecule has 0 bridgehead atoms. The molecule has 0 unspecified atom stereocenters. The predicted molar refractivity (Wildman–Crippen MR) is 68.7 cm³/mol. The van der Waals surface area contributed by atoms with Gasteiger partial charge >= 0.3 is 5.97 Å². The topological polar surface area (TPSA) is 85.5 Å². The van der Waals surface area contributed by atoms with Gasteiger partial charge in [-0.15, -0.1) is 0 Å². The fraction of sp³-hybridized carbons (Fsp3) is 0.692. The molecule has 1 amide bonds. The first kappa shape index (κ1) is 14.5. The molecule has 0 atom stereocenters. The molecule has 2 rings (SSSR count). The third-order valence-corrected chi connectivity index (χ3v) is 3.34. The van der Waals surface area contributed by atoms with E-state index in [9.17, 15) is 9.59 Å². The van der Waals surface area contributed by atoms with E-state index in [-0.39, 0.29) is 24.2 Å². The maximum Gasteiger partial charge on any atom is 0.309 e. The zero-order valence-electron chi connectivity index (χ0n) is 11.8. The molecule has 20 heavy (non-hydrogen) atoms. The van der Waals surface area contributed by atoms with Crippen LogP contribution in [0.5, 0.6) is 0 Å². The van der Waals surface area contributed by atoms with Gasteiger partial charge in [0, 0.05) is 13.1 Å². The van der Waals surface area contributed by atoms with Crippen LogP contribution in [0.2, 0.25) is 0 Å². The Morgan fingerprint density at radius 2 is 2.10 bits per heavy atom. The number of carbonyl (C=O) groups is 2. The summed E-state index contributed by atoms with van der Waals surface area (Å²) in [5, 5.41) is 3.65. The molecule has 0 saturated carbocycles. The van der Waals surface area contributed by atoms with Gasteiger partial charge in [0.1, 0.15) is 6.42 Å². The summed E-state index contributed by atoms with van der Waals surface area (Å²) in [6.07, 6.45) is 1.41. The molecule has 2 heterocycles. The van der Waals surface area contributed by atoms with E-state index in [1.807, 2.05) is 0 Å². The number of likely N-dealkylation sites (tertiary alicyclic amines) is 1. The third-order valence-electron chi connectivity index (χ3n) is 3.34. The average molecular weight is 281 g/mol. The van der Waals surface area contributed by atoms with Crippen LogP contribution in [0.15, 0.2) is 4.52 Å². The van der Waals surface area contributed by atoms with E-state index in [2.05, 4.69) is 10.1 Å². The first-order valence-corrected chi connectivity index (χ1v) is 6.83. The van der Waals surface area contributed by atoms with E-state index in [1.54, 1.807) is 18.7 Å². The zero-order chi connectivity index (χ0) is 14.5. The molecule has 0 radical (unpaired) electrons. The van der Waals surface area contributed by atoms with E-state index in [1.165, 1.54) is 0 Å². The Morgan fingerprint density at radius 1 is 1.40 bits per heavy atom. The Morgan fingerprint density at radius 3 is 2.65 bits per heavy atom. The molecule has 1 aliphatic rings. The number of rotatable bonds is 4. The highest BCUT2D eigenvalue weighted by Crippen LogP contribution is 2.19. The predicted octanol–water partition coefficient (Wildman–Crippen LogP) is 0.722. The highest BCUT2D eigenvalue weighted by atomic mass is 16.5. The molecule has 1 aromatic rings. The Labute approximate surface area is 117 Å². The van der Waals surface area contributed by atoms with Crippen LogP contribution in [0, 0.1) is 12.8 Å². The average Bonchev–Trinajstić information content (AvgIpc) is 2.84. The van der Waals surface area contributed by atoms with Crippen molar-refractivity contribution in [1.29, 1.82) is 0 Å². The van der Waals surface area contributed by atoms with E-state index >= 15 is 0 Å². The van der Waals surface area contributed by atoms with E-state index < -0.39 is 0 Å². The van der Waals surface area contributed by atoms with Gasteiger partial charge in [-0.25, -0.2) is 0 Å². The van der Waals surface area contributed by atoms with Crippen LogP contribution in [0.3, 0.4) is 0 Å².